The number of nitrogens with zero attached hydrogens (tertiary/aromatic N) is 1. The van der Waals surface area contributed by atoms with Crippen LogP contribution < -0.4 is 15.4 Å². The Kier molecular flexibility index (Phi) is 8.17. The lowest BCUT2D eigenvalue weighted by Crippen LogP contribution is -2.40. The first-order valence-corrected chi connectivity index (χ1v) is 10.1. The average molecular weight is 333 g/mol. The molecule has 0 unspecified atom stereocenters. The normalized spacial score (nSPS) is 17.9. The van der Waals surface area contributed by atoms with Crippen LogP contribution in [0.15, 0.2) is 4.99 Å². The molecule has 0 heterocycles. The number of hydrogen-bond acceptors (Lipinski definition) is 3. The molecule has 0 aliphatic heterocycles. The maximum Gasteiger partial charge on any atom is 0.211 e. The van der Waals surface area contributed by atoms with E-state index in [0.29, 0.717) is 18.5 Å². The van der Waals surface area contributed by atoms with Gasteiger partial charge in [-0.1, -0.05) is 13.3 Å². The Hall–Kier alpha value is -0.820. The van der Waals surface area contributed by atoms with Gasteiger partial charge in [-0.15, -0.1) is 0 Å². The molecule has 1 saturated carbocycles. The third kappa shape index (κ3) is 6.52. The summed E-state index contributed by atoms with van der Waals surface area (Å²) in [6, 6.07) is 0. The van der Waals surface area contributed by atoms with Crippen molar-refractivity contribution in [1.29, 1.82) is 0 Å². The fraction of sp³-hybridized carbons (Fsp3) is 0.933. The Labute approximate surface area is 135 Å². The molecule has 6 nitrogen and oxygen atoms in total. The van der Waals surface area contributed by atoms with Crippen LogP contribution in [0.2, 0.25) is 0 Å². The second-order valence-electron chi connectivity index (χ2n) is 5.98. The minimum absolute atomic E-state index is 0.129. The van der Waals surface area contributed by atoms with Gasteiger partial charge in [0.15, 0.2) is 5.96 Å². The fourth-order valence-electron chi connectivity index (χ4n) is 2.51. The zero-order valence-corrected chi connectivity index (χ0v) is 15.1. The number of nitrogens with one attached hydrogen (secondary N) is 3. The molecule has 0 spiro atoms. The summed E-state index contributed by atoms with van der Waals surface area (Å²) in [5, 5.41) is 6.52. The summed E-state index contributed by atoms with van der Waals surface area (Å²) in [6.45, 7) is 8.80. The van der Waals surface area contributed by atoms with Crippen molar-refractivity contribution in [2.75, 3.05) is 31.9 Å². The Morgan fingerprint density at radius 2 is 1.86 bits per heavy atom. The predicted octanol–water partition coefficient (Wildman–Crippen LogP) is 1.45. The third-order valence-corrected chi connectivity index (χ3v) is 5.83. The second kappa shape index (κ2) is 9.35. The minimum Gasteiger partial charge on any atom is -0.357 e. The van der Waals surface area contributed by atoms with Crippen LogP contribution in [0.25, 0.3) is 0 Å². The zero-order chi connectivity index (χ0) is 16.5. The van der Waals surface area contributed by atoms with Crippen LogP contribution in [-0.4, -0.2) is 46.3 Å². The van der Waals surface area contributed by atoms with Crippen LogP contribution in [0.5, 0.6) is 0 Å². The molecule has 0 radical (unpaired) electrons. The Balaban J connectivity index is 2.31. The Bertz CT molecular complexity index is 439. The molecule has 1 aliphatic rings. The monoisotopic (exact) mass is 332 g/mol. The van der Waals surface area contributed by atoms with Gasteiger partial charge < -0.3 is 10.6 Å². The van der Waals surface area contributed by atoms with Crippen molar-refractivity contribution in [3.8, 4) is 0 Å². The Morgan fingerprint density at radius 1 is 1.14 bits per heavy atom. The molecule has 0 aromatic carbocycles. The van der Waals surface area contributed by atoms with E-state index in [-0.39, 0.29) is 5.75 Å². The lowest BCUT2D eigenvalue weighted by Gasteiger charge is -2.40. The van der Waals surface area contributed by atoms with E-state index >= 15 is 0 Å². The fourth-order valence-corrected chi connectivity index (χ4v) is 3.17. The number of guanidine groups is 1. The highest BCUT2D eigenvalue weighted by Gasteiger charge is 2.34. The van der Waals surface area contributed by atoms with Gasteiger partial charge in [-0.25, -0.2) is 13.1 Å². The first kappa shape index (κ1) is 19.2. The lowest BCUT2D eigenvalue weighted by atomic mass is 9.67. The lowest BCUT2D eigenvalue weighted by molar-refractivity contribution is 0.139. The van der Waals surface area contributed by atoms with E-state index in [1.54, 1.807) is 6.92 Å². The average Bonchev–Trinajstić information content (AvgIpc) is 2.46. The largest absolute Gasteiger partial charge is 0.357 e. The van der Waals surface area contributed by atoms with Gasteiger partial charge in [0.2, 0.25) is 10.0 Å². The van der Waals surface area contributed by atoms with E-state index < -0.39 is 10.0 Å². The van der Waals surface area contributed by atoms with Crippen molar-refractivity contribution in [2.24, 2.45) is 10.4 Å². The molecule has 130 valence electrons. The summed E-state index contributed by atoms with van der Waals surface area (Å²) in [5.41, 5.74) is 0.416. The van der Waals surface area contributed by atoms with E-state index in [4.69, 9.17) is 4.99 Å². The van der Waals surface area contributed by atoms with E-state index in [2.05, 4.69) is 22.3 Å². The molecule has 0 aromatic rings. The summed E-state index contributed by atoms with van der Waals surface area (Å²) in [4.78, 5) is 4.70. The van der Waals surface area contributed by atoms with E-state index in [1.165, 1.54) is 25.7 Å². The molecule has 0 atom stereocenters. The van der Waals surface area contributed by atoms with Crippen molar-refractivity contribution in [3.63, 3.8) is 0 Å². The van der Waals surface area contributed by atoms with Crippen LogP contribution in [-0.2, 0) is 10.0 Å². The smallest absolute Gasteiger partial charge is 0.211 e. The van der Waals surface area contributed by atoms with E-state index in [9.17, 15) is 8.42 Å². The van der Waals surface area contributed by atoms with Crippen LogP contribution in [0.3, 0.4) is 0 Å². The van der Waals surface area contributed by atoms with Crippen molar-refractivity contribution < 1.29 is 8.42 Å². The molecule has 0 aromatic heterocycles. The highest BCUT2D eigenvalue weighted by atomic mass is 32.2. The summed E-state index contributed by atoms with van der Waals surface area (Å²) in [7, 11) is -3.08. The predicted molar refractivity (Wildman–Crippen MR) is 92.6 cm³/mol. The van der Waals surface area contributed by atoms with Crippen molar-refractivity contribution in [3.05, 3.63) is 0 Å². The quantitative estimate of drug-likeness (QED) is 0.321. The molecular weight excluding hydrogens is 300 g/mol. The van der Waals surface area contributed by atoms with Gasteiger partial charge in [0.05, 0.1) is 5.75 Å². The molecule has 3 N–H and O–H groups in total. The molecule has 0 saturated heterocycles. The number of hydrogen-bond donors (Lipinski definition) is 3. The van der Waals surface area contributed by atoms with Crippen molar-refractivity contribution in [2.45, 2.75) is 52.9 Å². The molecule has 0 amide bonds. The summed E-state index contributed by atoms with van der Waals surface area (Å²) in [5.74, 6) is 0.962. The second-order valence-corrected chi connectivity index (χ2v) is 8.08. The first-order valence-electron chi connectivity index (χ1n) is 8.46. The van der Waals surface area contributed by atoms with Crippen LogP contribution >= 0.6 is 0 Å². The van der Waals surface area contributed by atoms with Gasteiger partial charge >= 0.3 is 0 Å². The number of sulfonamides is 1. The van der Waals surface area contributed by atoms with Crippen LogP contribution in [0.4, 0.5) is 0 Å². The molecule has 0 bridgehead atoms. The van der Waals surface area contributed by atoms with Gasteiger partial charge in [-0.2, -0.15) is 0 Å². The standard InChI is InChI=1S/C15H32N4O2S/c1-4-15(9-7-10-15)13-18-14(16-5-2)17-11-8-12-19-22(20,21)6-3/h19H,4-13H2,1-3H3,(H2,16,17,18). The summed E-state index contributed by atoms with van der Waals surface area (Å²) in [6.07, 6.45) is 5.82. The molecule has 1 rings (SSSR count). The summed E-state index contributed by atoms with van der Waals surface area (Å²) < 4.78 is 25.2. The van der Waals surface area contributed by atoms with Gasteiger partial charge in [0, 0.05) is 26.2 Å². The first-order chi connectivity index (χ1) is 10.5. The van der Waals surface area contributed by atoms with Crippen molar-refractivity contribution >= 4 is 16.0 Å². The van der Waals surface area contributed by atoms with Gasteiger partial charge in [0.1, 0.15) is 0 Å². The molecule has 1 aliphatic carbocycles. The third-order valence-electron chi connectivity index (χ3n) is 4.43. The maximum absolute atomic E-state index is 11.3. The van der Waals surface area contributed by atoms with Crippen molar-refractivity contribution in [1.82, 2.24) is 15.4 Å². The molecule has 1 fully saturated rings. The minimum atomic E-state index is -3.08. The van der Waals surface area contributed by atoms with Gasteiger partial charge in [0.25, 0.3) is 0 Å². The number of aliphatic imine (C=N–C) groups is 1. The van der Waals surface area contributed by atoms with Gasteiger partial charge in [-0.3, -0.25) is 4.99 Å². The number of rotatable bonds is 10. The topological polar surface area (TPSA) is 82.6 Å². The van der Waals surface area contributed by atoms with E-state index in [1.807, 2.05) is 6.92 Å². The Morgan fingerprint density at radius 3 is 2.36 bits per heavy atom. The molecule has 22 heavy (non-hydrogen) atoms. The van der Waals surface area contributed by atoms with Crippen LogP contribution in [0, 0.1) is 5.41 Å². The molecule has 7 heteroatoms. The van der Waals surface area contributed by atoms with Crippen LogP contribution in [0.1, 0.15) is 52.9 Å². The van der Waals surface area contributed by atoms with E-state index in [0.717, 1.165) is 25.5 Å². The zero-order valence-electron chi connectivity index (χ0n) is 14.2. The maximum atomic E-state index is 11.3. The summed E-state index contributed by atoms with van der Waals surface area (Å²) >= 11 is 0. The highest BCUT2D eigenvalue weighted by molar-refractivity contribution is 7.89. The molecular formula is C15H32N4O2S. The van der Waals surface area contributed by atoms with Gasteiger partial charge in [-0.05, 0) is 44.9 Å². The SMILES string of the molecule is CCNC(=NCC1(CC)CCC1)NCCCNS(=O)(=O)CC. The highest BCUT2D eigenvalue weighted by Crippen LogP contribution is 2.43.